The minimum Gasteiger partial charge on any atom is -0.469 e. The number of ether oxygens (including phenoxy) is 1. The molecule has 7 nitrogen and oxygen atoms in total. The van der Waals surface area contributed by atoms with E-state index >= 15 is 0 Å². The van der Waals surface area contributed by atoms with E-state index in [1.807, 2.05) is 4.90 Å². The van der Waals surface area contributed by atoms with Crippen LogP contribution in [0.25, 0.3) is 0 Å². The van der Waals surface area contributed by atoms with Crippen molar-refractivity contribution in [3.63, 3.8) is 0 Å². The summed E-state index contributed by atoms with van der Waals surface area (Å²) >= 11 is 5.34. The van der Waals surface area contributed by atoms with Crippen LogP contribution in [0.1, 0.15) is 12.8 Å². The molecule has 1 aromatic carbocycles. The van der Waals surface area contributed by atoms with Crippen molar-refractivity contribution in [1.82, 2.24) is 14.5 Å². The molecule has 0 spiro atoms. The van der Waals surface area contributed by atoms with Gasteiger partial charge in [0, 0.05) is 39.1 Å². The molecule has 0 atom stereocenters. The maximum atomic E-state index is 12.6. The summed E-state index contributed by atoms with van der Waals surface area (Å²) in [5.41, 5.74) is 0. The van der Waals surface area contributed by atoms with Crippen LogP contribution >= 0.6 is 12.2 Å². The van der Waals surface area contributed by atoms with Crippen molar-refractivity contribution in [3.05, 3.63) is 30.3 Å². The smallest absolute Gasteiger partial charge is 0.305 e. The fourth-order valence-electron chi connectivity index (χ4n) is 2.51. The fraction of sp³-hybridized carbons (Fsp3) is 0.500. The van der Waals surface area contributed by atoms with Crippen LogP contribution < -0.4 is 5.32 Å². The number of carbonyl (C=O) groups is 1. The molecule has 0 radical (unpaired) electrons. The number of methoxy groups -OCH3 is 1. The van der Waals surface area contributed by atoms with Crippen molar-refractivity contribution in [2.24, 2.45) is 0 Å². The zero-order valence-electron chi connectivity index (χ0n) is 14.2. The molecular formula is C16H23N3O4S2. The number of benzene rings is 1. The first kappa shape index (κ1) is 19.6. The number of thiocarbonyl (C=S) groups is 1. The predicted molar refractivity (Wildman–Crippen MR) is 98.6 cm³/mol. The lowest BCUT2D eigenvalue weighted by atomic mass is 10.3. The Labute approximate surface area is 154 Å². The normalized spacial score (nSPS) is 15.6. The summed E-state index contributed by atoms with van der Waals surface area (Å²) in [6, 6.07) is 8.44. The second-order valence-electron chi connectivity index (χ2n) is 5.62. The van der Waals surface area contributed by atoms with Gasteiger partial charge in [-0.15, -0.1) is 0 Å². The Kier molecular flexibility index (Phi) is 7.15. The van der Waals surface area contributed by atoms with Crippen LogP contribution in [-0.2, 0) is 19.6 Å². The minimum atomic E-state index is -3.45. The van der Waals surface area contributed by atoms with Crippen molar-refractivity contribution in [2.45, 2.75) is 17.7 Å². The molecule has 138 valence electrons. The zero-order valence-corrected chi connectivity index (χ0v) is 15.8. The van der Waals surface area contributed by atoms with Crippen LogP contribution in [0.5, 0.6) is 0 Å². The largest absolute Gasteiger partial charge is 0.469 e. The summed E-state index contributed by atoms with van der Waals surface area (Å²) < 4.78 is 31.2. The number of piperazine rings is 1. The maximum Gasteiger partial charge on any atom is 0.305 e. The number of esters is 1. The van der Waals surface area contributed by atoms with Gasteiger partial charge in [0.25, 0.3) is 0 Å². The van der Waals surface area contributed by atoms with Crippen molar-refractivity contribution < 1.29 is 17.9 Å². The molecule has 1 saturated heterocycles. The third kappa shape index (κ3) is 5.38. The van der Waals surface area contributed by atoms with Crippen LogP contribution in [0.2, 0.25) is 0 Å². The van der Waals surface area contributed by atoms with Gasteiger partial charge in [-0.05, 0) is 30.8 Å². The third-order valence-electron chi connectivity index (χ3n) is 3.97. The van der Waals surface area contributed by atoms with Crippen LogP contribution in [-0.4, -0.2) is 68.5 Å². The van der Waals surface area contributed by atoms with Gasteiger partial charge in [-0.1, -0.05) is 18.2 Å². The van der Waals surface area contributed by atoms with Gasteiger partial charge >= 0.3 is 5.97 Å². The van der Waals surface area contributed by atoms with Crippen molar-refractivity contribution in [1.29, 1.82) is 0 Å². The van der Waals surface area contributed by atoms with E-state index in [0.717, 1.165) is 0 Å². The second-order valence-corrected chi connectivity index (χ2v) is 7.94. The van der Waals surface area contributed by atoms with Gasteiger partial charge in [0.15, 0.2) is 5.11 Å². The maximum absolute atomic E-state index is 12.6. The number of nitrogens with one attached hydrogen (secondary N) is 1. The highest BCUT2D eigenvalue weighted by molar-refractivity contribution is 7.89. The van der Waals surface area contributed by atoms with E-state index in [4.69, 9.17) is 12.2 Å². The number of hydrogen-bond donors (Lipinski definition) is 1. The molecule has 25 heavy (non-hydrogen) atoms. The van der Waals surface area contributed by atoms with Crippen LogP contribution in [0.4, 0.5) is 0 Å². The Morgan fingerprint density at radius 3 is 2.44 bits per heavy atom. The van der Waals surface area contributed by atoms with Gasteiger partial charge in [0.2, 0.25) is 10.0 Å². The Hall–Kier alpha value is -1.71. The summed E-state index contributed by atoms with van der Waals surface area (Å²) in [5, 5.41) is 3.68. The molecular weight excluding hydrogens is 362 g/mol. The first-order valence-electron chi connectivity index (χ1n) is 8.10. The summed E-state index contributed by atoms with van der Waals surface area (Å²) in [6.07, 6.45) is 0.977. The van der Waals surface area contributed by atoms with E-state index in [1.54, 1.807) is 30.3 Å². The number of carbonyl (C=O) groups excluding carboxylic acids is 1. The van der Waals surface area contributed by atoms with Gasteiger partial charge < -0.3 is 15.0 Å². The van der Waals surface area contributed by atoms with Crippen molar-refractivity contribution in [3.8, 4) is 0 Å². The first-order chi connectivity index (χ1) is 11.9. The lowest BCUT2D eigenvalue weighted by Gasteiger charge is -2.35. The third-order valence-corrected chi connectivity index (χ3v) is 6.28. The number of rotatable bonds is 6. The monoisotopic (exact) mass is 385 g/mol. The van der Waals surface area contributed by atoms with Crippen LogP contribution in [0.15, 0.2) is 35.2 Å². The average Bonchev–Trinajstić information content (AvgIpc) is 2.65. The molecule has 2 rings (SSSR count). The molecule has 9 heteroatoms. The summed E-state index contributed by atoms with van der Waals surface area (Å²) in [5.74, 6) is -0.243. The van der Waals surface area contributed by atoms with E-state index in [1.165, 1.54) is 11.4 Å². The van der Waals surface area contributed by atoms with Gasteiger partial charge in [0.1, 0.15) is 0 Å². The zero-order chi connectivity index (χ0) is 18.3. The Bertz CT molecular complexity index is 687. The van der Waals surface area contributed by atoms with Gasteiger partial charge in [-0.3, -0.25) is 4.79 Å². The number of sulfonamides is 1. The highest BCUT2D eigenvalue weighted by Crippen LogP contribution is 2.17. The second kappa shape index (κ2) is 9.12. The van der Waals surface area contributed by atoms with Crippen LogP contribution in [0.3, 0.4) is 0 Å². The van der Waals surface area contributed by atoms with E-state index in [2.05, 4.69) is 10.1 Å². The fourth-order valence-corrected chi connectivity index (χ4v) is 4.24. The standard InChI is InChI=1S/C16H23N3O4S2/c1-23-15(20)8-5-9-17-16(24)18-10-12-19(13-11-18)25(21,22)14-6-3-2-4-7-14/h2-4,6-7H,5,8-13H2,1H3,(H,17,24). The van der Waals surface area contributed by atoms with Gasteiger partial charge in [-0.2, -0.15) is 4.31 Å². The van der Waals surface area contributed by atoms with E-state index < -0.39 is 10.0 Å². The van der Waals surface area contributed by atoms with E-state index in [-0.39, 0.29) is 5.97 Å². The lowest BCUT2D eigenvalue weighted by Crippen LogP contribution is -2.53. The van der Waals surface area contributed by atoms with E-state index in [0.29, 0.717) is 55.6 Å². The lowest BCUT2D eigenvalue weighted by molar-refractivity contribution is -0.140. The topological polar surface area (TPSA) is 79.0 Å². The molecule has 0 amide bonds. The number of hydrogen-bond acceptors (Lipinski definition) is 5. The molecule has 0 unspecified atom stereocenters. The van der Waals surface area contributed by atoms with E-state index in [9.17, 15) is 13.2 Å². The average molecular weight is 386 g/mol. The highest BCUT2D eigenvalue weighted by atomic mass is 32.2. The summed E-state index contributed by atoms with van der Waals surface area (Å²) in [4.78, 5) is 13.3. The Morgan fingerprint density at radius 1 is 1.20 bits per heavy atom. The number of nitrogens with zero attached hydrogens (tertiary/aromatic N) is 2. The predicted octanol–water partition coefficient (Wildman–Crippen LogP) is 0.821. The first-order valence-corrected chi connectivity index (χ1v) is 9.95. The molecule has 0 aliphatic carbocycles. The van der Waals surface area contributed by atoms with Crippen molar-refractivity contribution >= 4 is 33.3 Å². The molecule has 1 aliphatic heterocycles. The highest BCUT2D eigenvalue weighted by Gasteiger charge is 2.28. The molecule has 1 aromatic rings. The minimum absolute atomic E-state index is 0.243. The molecule has 1 heterocycles. The van der Waals surface area contributed by atoms with Gasteiger partial charge in [-0.25, -0.2) is 8.42 Å². The van der Waals surface area contributed by atoms with Gasteiger partial charge in [0.05, 0.1) is 12.0 Å². The Balaban J connectivity index is 1.79. The SMILES string of the molecule is COC(=O)CCCNC(=S)N1CCN(S(=O)(=O)c2ccccc2)CC1. The summed E-state index contributed by atoms with van der Waals surface area (Å²) in [6.45, 7) is 2.43. The van der Waals surface area contributed by atoms with Crippen molar-refractivity contribution in [2.75, 3.05) is 39.8 Å². The molecule has 0 saturated carbocycles. The van der Waals surface area contributed by atoms with Crippen LogP contribution in [0, 0.1) is 0 Å². The molecule has 1 fully saturated rings. The molecule has 0 aromatic heterocycles. The molecule has 1 N–H and O–H groups in total. The Morgan fingerprint density at radius 2 is 1.84 bits per heavy atom. The molecule has 0 bridgehead atoms. The molecule has 1 aliphatic rings. The quantitative estimate of drug-likeness (QED) is 0.441. The summed E-state index contributed by atoms with van der Waals surface area (Å²) in [7, 11) is -2.09.